The van der Waals surface area contributed by atoms with E-state index in [1.54, 1.807) is 31.5 Å². The Balaban J connectivity index is 0.000000133. The fourth-order valence-corrected chi connectivity index (χ4v) is 5.91. The summed E-state index contributed by atoms with van der Waals surface area (Å²) in [5.74, 6) is -2.97. The van der Waals surface area contributed by atoms with Crippen molar-refractivity contribution < 1.29 is 46.3 Å². The molecule has 300 valence electrons. The second kappa shape index (κ2) is 16.8. The van der Waals surface area contributed by atoms with Crippen molar-refractivity contribution in [3.63, 3.8) is 0 Å². The number of fused-ring (bicyclic) bond motifs is 4. The average molecular weight is 865 g/mol. The molecule has 0 aliphatic carbocycles. The van der Waals surface area contributed by atoms with Gasteiger partial charge in [0.2, 0.25) is 0 Å². The highest BCUT2D eigenvalue weighted by molar-refractivity contribution is 9.10. The van der Waals surface area contributed by atoms with Crippen LogP contribution in [0.25, 0.3) is 22.1 Å². The number of aromatic carboxylic acids is 1. The summed E-state index contributed by atoms with van der Waals surface area (Å²) >= 11 is 3.29. The van der Waals surface area contributed by atoms with Crippen molar-refractivity contribution in [2.75, 3.05) is 6.61 Å². The minimum Gasteiger partial charge on any atom is -0.478 e. The van der Waals surface area contributed by atoms with Gasteiger partial charge in [-0.15, -0.1) is 0 Å². The summed E-state index contributed by atoms with van der Waals surface area (Å²) in [5.41, 5.74) is 3.02. The Hall–Kier alpha value is -6.12. The summed E-state index contributed by atoms with van der Waals surface area (Å²) in [6, 6.07) is 11.5. The summed E-state index contributed by atoms with van der Waals surface area (Å²) in [7, 11) is -0.479. The van der Waals surface area contributed by atoms with Crippen LogP contribution in [0.3, 0.4) is 0 Å². The van der Waals surface area contributed by atoms with Crippen LogP contribution in [0.2, 0.25) is 0 Å². The Bertz CT molecular complexity index is 2750. The molecular weight excluding hydrogens is 831 g/mol. The molecule has 1 N–H and O–H groups in total. The van der Waals surface area contributed by atoms with Gasteiger partial charge in [0.1, 0.15) is 34.4 Å². The minimum absolute atomic E-state index is 0.0694. The highest BCUT2D eigenvalue weighted by atomic mass is 79.9. The molecule has 0 bridgehead atoms. The maximum Gasteiger partial charge on any atom is 0.498 e. The van der Waals surface area contributed by atoms with Gasteiger partial charge in [-0.1, -0.05) is 0 Å². The maximum absolute atomic E-state index is 13.1. The molecular formula is C38H34BBrF4N8O6. The van der Waals surface area contributed by atoms with Gasteiger partial charge in [-0.25, -0.2) is 45.2 Å². The van der Waals surface area contributed by atoms with Gasteiger partial charge >= 0.3 is 19.1 Å². The first-order valence-electron chi connectivity index (χ1n) is 17.4. The van der Waals surface area contributed by atoms with Gasteiger partial charge in [-0.3, -0.25) is 0 Å². The van der Waals surface area contributed by atoms with Crippen molar-refractivity contribution in [1.29, 1.82) is 0 Å². The number of carbonyl (C=O) groups is 2. The SMILES string of the molecule is CC1(C)OB(c2cnn3cc(F)ccc23)OC1(C)C.CCOC(=O)c1cnn2cc(F)ccc12.Fc1ccc2c(Br)cnn2c1.O=C(O)c1cnn2cc(F)ccc12. The molecule has 0 saturated carbocycles. The lowest BCUT2D eigenvalue weighted by Gasteiger charge is -2.32. The molecule has 0 amide bonds. The van der Waals surface area contributed by atoms with E-state index in [-0.39, 0.29) is 17.2 Å². The molecule has 20 heteroatoms. The van der Waals surface area contributed by atoms with Crippen LogP contribution in [0.15, 0.2) is 103 Å². The molecule has 1 aliphatic heterocycles. The average Bonchev–Trinajstić information content (AvgIpc) is 3.99. The van der Waals surface area contributed by atoms with Crippen LogP contribution in [0.4, 0.5) is 17.6 Å². The van der Waals surface area contributed by atoms with E-state index in [4.69, 9.17) is 19.2 Å². The van der Waals surface area contributed by atoms with Gasteiger partial charge in [0, 0.05) is 11.7 Å². The number of ether oxygens (including phenoxy) is 1. The van der Waals surface area contributed by atoms with E-state index in [9.17, 15) is 27.2 Å². The summed E-state index contributed by atoms with van der Waals surface area (Å²) in [5, 5.41) is 24.3. The van der Waals surface area contributed by atoms with Crippen molar-refractivity contribution in [3.05, 3.63) is 137 Å². The molecule has 9 heterocycles. The van der Waals surface area contributed by atoms with Crippen molar-refractivity contribution in [3.8, 4) is 0 Å². The van der Waals surface area contributed by atoms with E-state index < -0.39 is 41.9 Å². The third-order valence-corrected chi connectivity index (χ3v) is 9.75. The third-order valence-electron chi connectivity index (χ3n) is 9.14. The van der Waals surface area contributed by atoms with Gasteiger partial charge < -0.3 is 19.2 Å². The number of halogens is 5. The summed E-state index contributed by atoms with van der Waals surface area (Å²) < 4.78 is 74.3. The molecule has 1 aliphatic rings. The van der Waals surface area contributed by atoms with Gasteiger partial charge in [-0.05, 0) is 99.1 Å². The number of hydrogen-bond acceptors (Lipinski definition) is 9. The summed E-state index contributed by atoms with van der Waals surface area (Å²) in [4.78, 5) is 22.0. The van der Waals surface area contributed by atoms with Crippen molar-refractivity contribution in [1.82, 2.24) is 38.5 Å². The smallest absolute Gasteiger partial charge is 0.478 e. The van der Waals surface area contributed by atoms with Gasteiger partial charge in [0.15, 0.2) is 0 Å². The minimum atomic E-state index is -1.07. The predicted octanol–water partition coefficient (Wildman–Crippen LogP) is 6.83. The molecule has 0 atom stereocenters. The van der Waals surface area contributed by atoms with Crippen molar-refractivity contribution in [2.45, 2.75) is 45.8 Å². The number of carboxylic acids is 1. The molecule has 9 rings (SSSR count). The number of hydrogen-bond donors (Lipinski definition) is 1. The van der Waals surface area contributed by atoms with E-state index >= 15 is 0 Å². The molecule has 1 fully saturated rings. The maximum atomic E-state index is 13.1. The van der Waals surface area contributed by atoms with E-state index in [1.807, 2.05) is 27.7 Å². The zero-order chi connectivity index (χ0) is 41.9. The Morgan fingerprint density at radius 3 is 1.55 bits per heavy atom. The lowest BCUT2D eigenvalue weighted by atomic mass is 9.80. The topological polar surface area (TPSA) is 151 Å². The molecule has 0 radical (unpaired) electrons. The van der Waals surface area contributed by atoms with E-state index in [2.05, 4.69) is 36.3 Å². The largest absolute Gasteiger partial charge is 0.498 e. The fourth-order valence-electron chi connectivity index (χ4n) is 5.51. The van der Waals surface area contributed by atoms with Crippen LogP contribution in [-0.4, -0.2) is 80.4 Å². The number of carboxylic acid groups (broad SMARTS) is 1. The zero-order valence-electron chi connectivity index (χ0n) is 31.5. The fraction of sp³-hybridized carbons (Fsp3) is 0.211. The monoisotopic (exact) mass is 864 g/mol. The van der Waals surface area contributed by atoms with Gasteiger partial charge in [0.05, 0.1) is 87.7 Å². The Labute approximate surface area is 335 Å². The number of carbonyl (C=O) groups excluding carboxylic acids is 1. The zero-order valence-corrected chi connectivity index (χ0v) is 33.1. The predicted molar refractivity (Wildman–Crippen MR) is 207 cm³/mol. The Kier molecular flexibility index (Phi) is 12.0. The lowest BCUT2D eigenvalue weighted by molar-refractivity contribution is 0.00578. The highest BCUT2D eigenvalue weighted by Gasteiger charge is 2.52. The third kappa shape index (κ3) is 8.88. The van der Waals surface area contributed by atoms with E-state index in [1.165, 1.54) is 85.4 Å². The van der Waals surface area contributed by atoms with Crippen LogP contribution >= 0.6 is 15.9 Å². The molecule has 8 aromatic heterocycles. The molecule has 0 spiro atoms. The number of pyridine rings is 4. The summed E-state index contributed by atoms with van der Waals surface area (Å²) in [6.45, 7) is 10.0. The van der Waals surface area contributed by atoms with Crippen LogP contribution in [0.5, 0.6) is 0 Å². The number of aromatic nitrogens is 8. The molecule has 1 saturated heterocycles. The van der Waals surface area contributed by atoms with Crippen LogP contribution in [0, 0.1) is 23.3 Å². The number of rotatable bonds is 4. The first kappa shape index (κ1) is 41.5. The van der Waals surface area contributed by atoms with E-state index in [0.29, 0.717) is 23.2 Å². The first-order valence-corrected chi connectivity index (χ1v) is 18.2. The van der Waals surface area contributed by atoms with E-state index in [0.717, 1.165) is 27.2 Å². The molecule has 0 aromatic carbocycles. The van der Waals surface area contributed by atoms with Gasteiger partial charge in [-0.2, -0.15) is 20.4 Å². The second-order valence-electron chi connectivity index (χ2n) is 13.5. The van der Waals surface area contributed by atoms with Crippen molar-refractivity contribution >= 4 is 62.5 Å². The molecule has 58 heavy (non-hydrogen) atoms. The summed E-state index contributed by atoms with van der Waals surface area (Å²) in [6.07, 6.45) is 10.9. The Morgan fingerprint density at radius 1 is 0.655 bits per heavy atom. The van der Waals surface area contributed by atoms with Gasteiger partial charge in [0.25, 0.3) is 0 Å². The lowest BCUT2D eigenvalue weighted by Crippen LogP contribution is -2.41. The van der Waals surface area contributed by atoms with Crippen LogP contribution in [0.1, 0.15) is 55.3 Å². The molecule has 14 nitrogen and oxygen atoms in total. The number of nitrogens with zero attached hydrogens (tertiary/aromatic N) is 8. The van der Waals surface area contributed by atoms with Crippen molar-refractivity contribution in [2.24, 2.45) is 0 Å². The Morgan fingerprint density at radius 2 is 1.05 bits per heavy atom. The first-order chi connectivity index (χ1) is 27.5. The quantitative estimate of drug-likeness (QED) is 0.113. The van der Waals surface area contributed by atoms with Crippen LogP contribution < -0.4 is 5.46 Å². The number of esters is 1. The normalized spacial score (nSPS) is 14.1. The van der Waals surface area contributed by atoms with Crippen LogP contribution in [-0.2, 0) is 14.0 Å². The molecule has 0 unspecified atom stereocenters. The highest BCUT2D eigenvalue weighted by Crippen LogP contribution is 2.36. The standard InChI is InChI=1S/C13H16BFN2O2.C10H9FN2O2.C8H5FN2O2.C7H4BrFN2/c1-12(2)13(3,4)19-14(18-12)10-7-16-17-8-9(15)5-6-11(10)17;1-2-15-10(14)8-5-12-13-6-7(11)3-4-9(8)13;9-5-1-2-7-6(8(12)13)3-10-11(7)4-5;8-6-3-10-11-4-5(9)1-2-7(6)11/h5-8H,1-4H3;3-6H,2H2,1H3;1-4H,(H,12,13);1-4H. The molecule has 8 aromatic rings. The second-order valence-corrected chi connectivity index (χ2v) is 14.4.